The molecule has 0 aliphatic carbocycles. The van der Waals surface area contributed by atoms with Crippen molar-refractivity contribution in [2.45, 2.75) is 40.2 Å². The van der Waals surface area contributed by atoms with Gasteiger partial charge in [-0.15, -0.1) is 0 Å². The van der Waals surface area contributed by atoms with Crippen LogP contribution in [0.3, 0.4) is 0 Å². The first kappa shape index (κ1) is 20.3. The Balaban J connectivity index is 2.64. The van der Waals surface area contributed by atoms with Crippen molar-refractivity contribution in [3.05, 3.63) is 29.3 Å². The molecule has 25 heavy (non-hydrogen) atoms. The Bertz CT molecular complexity index is 678. The predicted molar refractivity (Wildman–Crippen MR) is 96.9 cm³/mol. The van der Waals surface area contributed by atoms with Crippen LogP contribution < -0.4 is 10.6 Å². The van der Waals surface area contributed by atoms with Crippen molar-refractivity contribution in [1.82, 2.24) is 5.32 Å². The molecule has 1 amide bonds. The highest BCUT2D eigenvalue weighted by Crippen LogP contribution is 2.17. The SMILES string of the molecule is CC(C)C(CNC(=O)OC(C)(C)C)CNc1ccc(C#N)c(C#N)c1. The molecule has 0 aromatic heterocycles. The van der Waals surface area contributed by atoms with Gasteiger partial charge in [0.25, 0.3) is 0 Å². The summed E-state index contributed by atoms with van der Waals surface area (Å²) in [6.07, 6.45) is -0.428. The predicted octanol–water partition coefficient (Wildman–Crippen LogP) is 3.64. The van der Waals surface area contributed by atoms with Gasteiger partial charge in [0, 0.05) is 18.8 Å². The largest absolute Gasteiger partial charge is 0.444 e. The molecule has 1 unspecified atom stereocenters. The molecule has 0 spiro atoms. The normalized spacial score (nSPS) is 12.0. The number of amides is 1. The van der Waals surface area contributed by atoms with E-state index in [4.69, 9.17) is 15.3 Å². The van der Waals surface area contributed by atoms with Gasteiger partial charge in [0.2, 0.25) is 0 Å². The van der Waals surface area contributed by atoms with Crippen molar-refractivity contribution in [1.29, 1.82) is 10.5 Å². The van der Waals surface area contributed by atoms with Gasteiger partial charge in [0.05, 0.1) is 11.1 Å². The van der Waals surface area contributed by atoms with Crippen molar-refractivity contribution in [2.24, 2.45) is 11.8 Å². The van der Waals surface area contributed by atoms with Gasteiger partial charge in [-0.3, -0.25) is 0 Å². The Morgan fingerprint density at radius 3 is 2.32 bits per heavy atom. The fourth-order valence-corrected chi connectivity index (χ4v) is 2.17. The number of alkyl carbamates (subject to hydrolysis) is 1. The molecular formula is C19H26N4O2. The number of hydrogen-bond acceptors (Lipinski definition) is 5. The smallest absolute Gasteiger partial charge is 0.407 e. The second kappa shape index (κ2) is 8.94. The molecule has 0 aliphatic heterocycles. The van der Waals surface area contributed by atoms with Gasteiger partial charge in [-0.05, 0) is 50.8 Å². The average molecular weight is 342 g/mol. The summed E-state index contributed by atoms with van der Waals surface area (Å²) >= 11 is 0. The van der Waals surface area contributed by atoms with Crippen molar-refractivity contribution < 1.29 is 9.53 Å². The Hall–Kier alpha value is -2.73. The van der Waals surface area contributed by atoms with E-state index in [2.05, 4.69) is 24.5 Å². The van der Waals surface area contributed by atoms with E-state index in [1.165, 1.54) is 0 Å². The third kappa shape index (κ3) is 7.14. The van der Waals surface area contributed by atoms with Gasteiger partial charge in [-0.1, -0.05) is 13.8 Å². The van der Waals surface area contributed by atoms with Gasteiger partial charge in [-0.2, -0.15) is 10.5 Å². The van der Waals surface area contributed by atoms with E-state index in [9.17, 15) is 4.79 Å². The van der Waals surface area contributed by atoms with Crippen LogP contribution in [0.15, 0.2) is 18.2 Å². The monoisotopic (exact) mass is 342 g/mol. The molecular weight excluding hydrogens is 316 g/mol. The molecule has 134 valence electrons. The lowest BCUT2D eigenvalue weighted by Gasteiger charge is -2.24. The van der Waals surface area contributed by atoms with E-state index in [0.717, 1.165) is 5.69 Å². The number of anilines is 1. The first-order chi connectivity index (χ1) is 11.7. The highest BCUT2D eigenvalue weighted by atomic mass is 16.6. The summed E-state index contributed by atoms with van der Waals surface area (Å²) in [6, 6.07) is 9.09. The second-order valence-corrected chi connectivity index (χ2v) is 7.25. The van der Waals surface area contributed by atoms with Crippen LogP contribution >= 0.6 is 0 Å². The van der Waals surface area contributed by atoms with E-state index in [1.807, 2.05) is 32.9 Å². The lowest BCUT2D eigenvalue weighted by molar-refractivity contribution is 0.0516. The summed E-state index contributed by atoms with van der Waals surface area (Å²) in [6.45, 7) is 10.8. The van der Waals surface area contributed by atoms with Gasteiger partial charge < -0.3 is 15.4 Å². The van der Waals surface area contributed by atoms with Crippen molar-refractivity contribution in [3.63, 3.8) is 0 Å². The number of benzene rings is 1. The molecule has 0 fully saturated rings. The Labute approximate surface area is 149 Å². The van der Waals surface area contributed by atoms with Crippen molar-refractivity contribution in [2.75, 3.05) is 18.4 Å². The molecule has 0 bridgehead atoms. The van der Waals surface area contributed by atoms with Gasteiger partial charge in [0.1, 0.15) is 17.7 Å². The zero-order chi connectivity index (χ0) is 19.0. The maximum absolute atomic E-state index is 11.8. The fourth-order valence-electron chi connectivity index (χ4n) is 2.17. The maximum atomic E-state index is 11.8. The van der Waals surface area contributed by atoms with E-state index in [0.29, 0.717) is 30.1 Å². The average Bonchev–Trinajstić information content (AvgIpc) is 2.52. The number of nitrogens with one attached hydrogen (secondary N) is 2. The van der Waals surface area contributed by atoms with Gasteiger partial charge in [0.15, 0.2) is 0 Å². The number of nitriles is 2. The van der Waals surface area contributed by atoms with Crippen molar-refractivity contribution in [3.8, 4) is 12.1 Å². The third-order valence-electron chi connectivity index (χ3n) is 3.68. The number of nitrogens with zero attached hydrogens (tertiary/aromatic N) is 2. The molecule has 1 aromatic rings. The minimum atomic E-state index is -0.522. The molecule has 6 nitrogen and oxygen atoms in total. The van der Waals surface area contributed by atoms with Crippen LogP contribution in [0, 0.1) is 34.5 Å². The van der Waals surface area contributed by atoms with Crippen molar-refractivity contribution >= 4 is 11.8 Å². The topological polar surface area (TPSA) is 97.9 Å². The van der Waals surface area contributed by atoms with Crippen LogP contribution in [0.5, 0.6) is 0 Å². The molecule has 6 heteroatoms. The molecule has 1 atom stereocenters. The third-order valence-corrected chi connectivity index (χ3v) is 3.68. The highest BCUT2D eigenvalue weighted by Gasteiger charge is 2.19. The Morgan fingerprint density at radius 1 is 1.16 bits per heavy atom. The van der Waals surface area contributed by atoms with Crippen LogP contribution in [-0.4, -0.2) is 24.8 Å². The number of ether oxygens (including phenoxy) is 1. The summed E-state index contributed by atoms with van der Waals surface area (Å²) < 4.78 is 5.25. The molecule has 1 aromatic carbocycles. The minimum absolute atomic E-state index is 0.189. The maximum Gasteiger partial charge on any atom is 0.407 e. The quantitative estimate of drug-likeness (QED) is 0.822. The summed E-state index contributed by atoms with van der Waals surface area (Å²) in [5.41, 5.74) is 0.963. The zero-order valence-corrected chi connectivity index (χ0v) is 15.5. The van der Waals surface area contributed by atoms with E-state index in [1.54, 1.807) is 18.2 Å². The van der Waals surface area contributed by atoms with E-state index < -0.39 is 11.7 Å². The summed E-state index contributed by atoms with van der Waals surface area (Å²) in [5, 5.41) is 24.1. The Morgan fingerprint density at radius 2 is 1.80 bits per heavy atom. The van der Waals surface area contributed by atoms with Crippen LogP contribution in [0.4, 0.5) is 10.5 Å². The zero-order valence-electron chi connectivity index (χ0n) is 15.5. The molecule has 0 heterocycles. The van der Waals surface area contributed by atoms with Crippen LogP contribution in [0.2, 0.25) is 0 Å². The van der Waals surface area contributed by atoms with E-state index in [-0.39, 0.29) is 5.92 Å². The number of carbonyl (C=O) groups excluding carboxylic acids is 1. The molecule has 1 rings (SSSR count). The second-order valence-electron chi connectivity index (χ2n) is 7.25. The number of carbonyl (C=O) groups is 1. The lowest BCUT2D eigenvalue weighted by atomic mass is 9.95. The standard InChI is InChI=1S/C19H26N4O2/c1-13(2)16(12-23-18(24)25-19(3,4)5)11-22-17-7-6-14(9-20)15(8-17)10-21/h6-8,13,16,22H,11-12H2,1-5H3,(H,23,24). The molecule has 0 saturated carbocycles. The van der Waals surface area contributed by atoms with Crippen LogP contribution in [0.25, 0.3) is 0 Å². The minimum Gasteiger partial charge on any atom is -0.444 e. The van der Waals surface area contributed by atoms with E-state index >= 15 is 0 Å². The summed E-state index contributed by atoms with van der Waals surface area (Å²) in [7, 11) is 0. The first-order valence-electron chi connectivity index (χ1n) is 8.31. The van der Waals surface area contributed by atoms with Gasteiger partial charge >= 0.3 is 6.09 Å². The molecule has 0 aliphatic rings. The lowest BCUT2D eigenvalue weighted by Crippen LogP contribution is -2.38. The number of hydrogen-bond donors (Lipinski definition) is 2. The highest BCUT2D eigenvalue weighted by molar-refractivity contribution is 5.67. The molecule has 0 saturated heterocycles. The summed E-state index contributed by atoms with van der Waals surface area (Å²) in [5.74, 6) is 0.532. The summed E-state index contributed by atoms with van der Waals surface area (Å²) in [4.78, 5) is 11.8. The van der Waals surface area contributed by atoms with Crippen LogP contribution in [0.1, 0.15) is 45.7 Å². The first-order valence-corrected chi connectivity index (χ1v) is 8.31. The number of rotatable bonds is 6. The Kier molecular flexibility index (Phi) is 7.26. The van der Waals surface area contributed by atoms with Crippen LogP contribution in [-0.2, 0) is 4.74 Å². The molecule has 2 N–H and O–H groups in total. The molecule has 0 radical (unpaired) electrons. The van der Waals surface area contributed by atoms with Gasteiger partial charge in [-0.25, -0.2) is 4.79 Å². The fraction of sp³-hybridized carbons (Fsp3) is 0.526.